The van der Waals surface area contributed by atoms with E-state index in [9.17, 15) is 0 Å². The molecule has 0 atom stereocenters. The number of hydrogen-bond acceptors (Lipinski definition) is 6. The summed E-state index contributed by atoms with van der Waals surface area (Å²) in [5.41, 5.74) is 0.725. The van der Waals surface area contributed by atoms with Crippen LogP contribution in [0.5, 0.6) is 0 Å². The van der Waals surface area contributed by atoms with Gasteiger partial charge in [0.1, 0.15) is 5.69 Å². The third-order valence-electron chi connectivity index (χ3n) is 2.77. The van der Waals surface area contributed by atoms with E-state index in [1.54, 1.807) is 17.5 Å². The molecule has 20 heavy (non-hydrogen) atoms. The summed E-state index contributed by atoms with van der Waals surface area (Å²) in [6.07, 6.45) is 1.72. The van der Waals surface area contributed by atoms with Gasteiger partial charge in [0.2, 0.25) is 11.7 Å². The molecule has 3 rings (SSSR count). The molecule has 0 aliphatic carbocycles. The molecular formula is C14H14N4OS. The van der Waals surface area contributed by atoms with Gasteiger partial charge in [-0.25, -0.2) is 0 Å². The molecule has 0 saturated carbocycles. The smallest absolute Gasteiger partial charge is 0.241 e. The van der Waals surface area contributed by atoms with E-state index in [1.165, 1.54) is 4.88 Å². The summed E-state index contributed by atoms with van der Waals surface area (Å²) in [5.74, 6) is 1.13. The van der Waals surface area contributed by atoms with Crippen molar-refractivity contribution < 1.29 is 4.52 Å². The standard InChI is InChI=1S/C14H14N4OS/c1-18(9-11-5-4-8-20-11)10-13-16-14(17-19-13)12-6-2-3-7-15-12/h2-8H,9-10H2,1H3. The molecule has 3 aromatic heterocycles. The maximum atomic E-state index is 5.27. The van der Waals surface area contributed by atoms with Gasteiger partial charge in [0.25, 0.3) is 0 Å². The van der Waals surface area contributed by atoms with Gasteiger partial charge in [-0.15, -0.1) is 11.3 Å². The van der Waals surface area contributed by atoms with E-state index in [-0.39, 0.29) is 0 Å². The molecule has 0 amide bonds. The van der Waals surface area contributed by atoms with E-state index >= 15 is 0 Å². The number of hydrogen-bond donors (Lipinski definition) is 0. The van der Waals surface area contributed by atoms with Gasteiger partial charge >= 0.3 is 0 Å². The predicted octanol–water partition coefficient (Wildman–Crippen LogP) is 2.83. The molecule has 102 valence electrons. The summed E-state index contributed by atoms with van der Waals surface area (Å²) in [6, 6.07) is 9.80. The van der Waals surface area contributed by atoms with E-state index in [0.29, 0.717) is 18.3 Å². The van der Waals surface area contributed by atoms with Gasteiger partial charge in [0.05, 0.1) is 6.54 Å². The van der Waals surface area contributed by atoms with Crippen molar-refractivity contribution in [3.8, 4) is 11.5 Å². The third kappa shape index (κ3) is 3.09. The Hall–Kier alpha value is -2.05. The predicted molar refractivity (Wildman–Crippen MR) is 77.0 cm³/mol. The van der Waals surface area contributed by atoms with E-state index in [2.05, 4.69) is 37.5 Å². The van der Waals surface area contributed by atoms with Gasteiger partial charge in [0, 0.05) is 17.6 Å². The molecular weight excluding hydrogens is 272 g/mol. The zero-order valence-electron chi connectivity index (χ0n) is 11.1. The van der Waals surface area contributed by atoms with Crippen LogP contribution in [0, 0.1) is 0 Å². The highest BCUT2D eigenvalue weighted by Crippen LogP contribution is 2.15. The van der Waals surface area contributed by atoms with E-state index in [1.807, 2.05) is 25.2 Å². The van der Waals surface area contributed by atoms with Crippen molar-refractivity contribution in [1.82, 2.24) is 20.0 Å². The zero-order valence-corrected chi connectivity index (χ0v) is 11.9. The highest BCUT2D eigenvalue weighted by Gasteiger charge is 2.11. The summed E-state index contributed by atoms with van der Waals surface area (Å²) >= 11 is 1.75. The Bertz CT molecular complexity index is 651. The second kappa shape index (κ2) is 5.94. The Morgan fingerprint density at radius 2 is 2.15 bits per heavy atom. The van der Waals surface area contributed by atoms with Crippen LogP contribution in [-0.2, 0) is 13.1 Å². The normalized spacial score (nSPS) is 11.1. The fourth-order valence-corrected chi connectivity index (χ4v) is 2.66. The second-order valence-corrected chi connectivity index (χ2v) is 5.51. The molecule has 5 nitrogen and oxygen atoms in total. The highest BCUT2D eigenvalue weighted by atomic mass is 32.1. The first kappa shape index (κ1) is 13.0. The monoisotopic (exact) mass is 286 g/mol. The zero-order chi connectivity index (χ0) is 13.8. The Balaban J connectivity index is 1.65. The molecule has 0 saturated heterocycles. The Morgan fingerprint density at radius 1 is 1.20 bits per heavy atom. The molecule has 6 heteroatoms. The molecule has 0 fully saturated rings. The lowest BCUT2D eigenvalue weighted by Crippen LogP contribution is -2.16. The molecule has 0 aliphatic rings. The Morgan fingerprint density at radius 3 is 2.90 bits per heavy atom. The summed E-state index contributed by atoms with van der Waals surface area (Å²) in [7, 11) is 2.03. The first-order valence-corrected chi connectivity index (χ1v) is 7.14. The molecule has 0 spiro atoms. The van der Waals surface area contributed by atoms with Crippen molar-refractivity contribution in [1.29, 1.82) is 0 Å². The minimum Gasteiger partial charge on any atom is -0.337 e. The lowest BCUT2D eigenvalue weighted by atomic mass is 10.3. The minimum absolute atomic E-state index is 0.533. The lowest BCUT2D eigenvalue weighted by molar-refractivity contribution is 0.262. The van der Waals surface area contributed by atoms with Crippen molar-refractivity contribution in [3.63, 3.8) is 0 Å². The molecule has 3 heterocycles. The van der Waals surface area contributed by atoms with Gasteiger partial charge in [0.15, 0.2) is 0 Å². The van der Waals surface area contributed by atoms with Crippen LogP contribution < -0.4 is 0 Å². The van der Waals surface area contributed by atoms with Crippen LogP contribution in [0.15, 0.2) is 46.4 Å². The summed E-state index contributed by atoms with van der Waals surface area (Å²) in [6.45, 7) is 1.50. The quantitative estimate of drug-likeness (QED) is 0.722. The van der Waals surface area contributed by atoms with Crippen LogP contribution in [0.2, 0.25) is 0 Å². The van der Waals surface area contributed by atoms with Crippen LogP contribution in [0.3, 0.4) is 0 Å². The van der Waals surface area contributed by atoms with Gasteiger partial charge in [-0.3, -0.25) is 9.88 Å². The van der Waals surface area contributed by atoms with Crippen LogP contribution in [0.1, 0.15) is 10.8 Å². The van der Waals surface area contributed by atoms with E-state index in [4.69, 9.17) is 4.52 Å². The third-order valence-corrected chi connectivity index (χ3v) is 3.63. The largest absolute Gasteiger partial charge is 0.337 e. The van der Waals surface area contributed by atoms with Crippen molar-refractivity contribution in [2.75, 3.05) is 7.05 Å². The second-order valence-electron chi connectivity index (χ2n) is 4.48. The molecule has 3 aromatic rings. The number of rotatable bonds is 5. The van der Waals surface area contributed by atoms with E-state index < -0.39 is 0 Å². The van der Waals surface area contributed by atoms with Crippen LogP contribution in [0.25, 0.3) is 11.5 Å². The fourth-order valence-electron chi connectivity index (χ4n) is 1.87. The summed E-state index contributed by atoms with van der Waals surface area (Å²) < 4.78 is 5.27. The molecule has 0 radical (unpaired) electrons. The van der Waals surface area contributed by atoms with Crippen molar-refractivity contribution in [2.45, 2.75) is 13.1 Å². The average molecular weight is 286 g/mol. The first-order valence-electron chi connectivity index (χ1n) is 6.26. The SMILES string of the molecule is CN(Cc1nc(-c2ccccn2)no1)Cc1cccs1. The van der Waals surface area contributed by atoms with Crippen molar-refractivity contribution in [3.05, 3.63) is 52.7 Å². The van der Waals surface area contributed by atoms with Crippen molar-refractivity contribution in [2.24, 2.45) is 0 Å². The number of aromatic nitrogens is 3. The molecule has 0 aliphatic heterocycles. The average Bonchev–Trinajstić information content (AvgIpc) is 3.11. The maximum Gasteiger partial charge on any atom is 0.241 e. The lowest BCUT2D eigenvalue weighted by Gasteiger charge is -2.12. The fraction of sp³-hybridized carbons (Fsp3) is 0.214. The van der Waals surface area contributed by atoms with Gasteiger partial charge < -0.3 is 4.52 Å². The van der Waals surface area contributed by atoms with Crippen molar-refractivity contribution >= 4 is 11.3 Å². The first-order chi connectivity index (χ1) is 9.81. The Kier molecular flexibility index (Phi) is 3.85. The number of thiophene rings is 1. The Labute approximate surface area is 120 Å². The van der Waals surface area contributed by atoms with Crippen LogP contribution in [0.4, 0.5) is 0 Å². The topological polar surface area (TPSA) is 55.1 Å². The highest BCUT2D eigenvalue weighted by molar-refractivity contribution is 7.09. The number of nitrogens with zero attached hydrogens (tertiary/aromatic N) is 4. The molecule has 0 N–H and O–H groups in total. The van der Waals surface area contributed by atoms with Gasteiger partial charge in [-0.2, -0.15) is 4.98 Å². The molecule has 0 unspecified atom stereocenters. The van der Waals surface area contributed by atoms with E-state index in [0.717, 1.165) is 12.2 Å². The number of pyridine rings is 1. The summed E-state index contributed by atoms with van der Waals surface area (Å²) in [4.78, 5) is 12.0. The van der Waals surface area contributed by atoms with Gasteiger partial charge in [-0.1, -0.05) is 17.3 Å². The van der Waals surface area contributed by atoms with Gasteiger partial charge in [-0.05, 0) is 30.6 Å². The molecule has 0 bridgehead atoms. The molecule has 0 aromatic carbocycles. The van der Waals surface area contributed by atoms with Crippen LogP contribution in [-0.4, -0.2) is 27.1 Å². The maximum absolute atomic E-state index is 5.27. The van der Waals surface area contributed by atoms with Crippen LogP contribution >= 0.6 is 11.3 Å². The minimum atomic E-state index is 0.533. The summed E-state index contributed by atoms with van der Waals surface area (Å²) in [5, 5.41) is 6.04.